The van der Waals surface area contributed by atoms with Crippen molar-refractivity contribution in [1.29, 1.82) is 0 Å². The van der Waals surface area contributed by atoms with Gasteiger partial charge in [0.1, 0.15) is 24.2 Å². The van der Waals surface area contributed by atoms with E-state index in [1.807, 2.05) is 63.2 Å². The van der Waals surface area contributed by atoms with Crippen LogP contribution < -0.4 is 16.4 Å². The Balaban J connectivity index is 2.24. The molecule has 0 aromatic heterocycles. The van der Waals surface area contributed by atoms with Gasteiger partial charge in [-0.2, -0.15) is 0 Å². The third-order valence-corrected chi connectivity index (χ3v) is 8.52. The number of amides is 2. The van der Waals surface area contributed by atoms with E-state index in [-0.39, 0.29) is 24.7 Å². The number of esters is 1. The smallest absolute Gasteiger partial charge is 0.325 e. The molecule has 0 aliphatic carbocycles. The van der Waals surface area contributed by atoms with Crippen molar-refractivity contribution in [3.05, 3.63) is 48.0 Å². The molecular formula is C35H53N3O6. The number of carbonyl (C=O) groups is 4. The third kappa shape index (κ3) is 11.9. The molecule has 2 aromatic rings. The number of nitrogens with one attached hydrogen (secondary N) is 2. The monoisotopic (exact) mass is 611 g/mol. The predicted octanol–water partition coefficient (Wildman–Crippen LogP) is 5.52. The van der Waals surface area contributed by atoms with Gasteiger partial charge in [-0.3, -0.25) is 19.2 Å². The number of carboxylic acids is 1. The molecule has 9 nitrogen and oxygen atoms in total. The topological polar surface area (TPSA) is 148 Å². The molecule has 0 aliphatic rings. The van der Waals surface area contributed by atoms with Crippen LogP contribution in [-0.4, -0.2) is 53.1 Å². The second kappa shape index (κ2) is 19.0. The lowest BCUT2D eigenvalue weighted by Crippen LogP contribution is -2.52. The van der Waals surface area contributed by atoms with E-state index in [2.05, 4.69) is 17.6 Å². The second-order valence-electron chi connectivity index (χ2n) is 12.2. The van der Waals surface area contributed by atoms with Crippen LogP contribution in [0.4, 0.5) is 0 Å². The average molecular weight is 612 g/mol. The summed E-state index contributed by atoms with van der Waals surface area (Å²) in [5.41, 5.74) is 7.00. The van der Waals surface area contributed by atoms with Crippen LogP contribution in [0.1, 0.15) is 98.0 Å². The number of aliphatic carboxylic acids is 1. The summed E-state index contributed by atoms with van der Waals surface area (Å²) in [4.78, 5) is 51.2. The summed E-state index contributed by atoms with van der Waals surface area (Å²) in [6.07, 6.45) is 7.55. The molecule has 0 unspecified atom stereocenters. The molecule has 6 atom stereocenters. The van der Waals surface area contributed by atoms with Crippen LogP contribution in [-0.2, 0) is 30.3 Å². The van der Waals surface area contributed by atoms with Crippen molar-refractivity contribution in [2.24, 2.45) is 17.6 Å². The predicted molar refractivity (Wildman–Crippen MR) is 174 cm³/mol. The number of benzene rings is 2. The van der Waals surface area contributed by atoms with Crippen molar-refractivity contribution < 1.29 is 29.0 Å². The molecule has 2 rings (SSSR count). The minimum atomic E-state index is -1.18. The highest BCUT2D eigenvalue weighted by Gasteiger charge is 2.31. The lowest BCUT2D eigenvalue weighted by atomic mass is 9.93. The molecule has 0 heterocycles. The van der Waals surface area contributed by atoms with Crippen LogP contribution in [0.25, 0.3) is 10.8 Å². The number of unbranched alkanes of at least 4 members (excludes halogenated alkanes) is 5. The van der Waals surface area contributed by atoms with Crippen molar-refractivity contribution in [1.82, 2.24) is 10.6 Å². The Hall–Kier alpha value is -3.46. The van der Waals surface area contributed by atoms with E-state index in [1.165, 1.54) is 26.2 Å². The first-order valence-electron chi connectivity index (χ1n) is 16.2. The SMILES string of the molecule is CCCCCCCC[C@H](C)[C@H](CC(=O)N[C@@H](Cc1cccc2ccccc12)C(=O)N[C@@H](C)C(=O)O)OC(=O)[C@H](N)[C@@H](C)CC. The van der Waals surface area contributed by atoms with E-state index < -0.39 is 48.0 Å². The zero-order valence-corrected chi connectivity index (χ0v) is 27.1. The van der Waals surface area contributed by atoms with Gasteiger partial charge in [0.2, 0.25) is 11.8 Å². The fourth-order valence-corrected chi connectivity index (χ4v) is 5.22. The molecule has 9 heteroatoms. The summed E-state index contributed by atoms with van der Waals surface area (Å²) >= 11 is 0. The Labute approximate surface area is 262 Å². The van der Waals surface area contributed by atoms with Crippen LogP contribution in [0.5, 0.6) is 0 Å². The van der Waals surface area contributed by atoms with Gasteiger partial charge < -0.3 is 26.2 Å². The molecular weight excluding hydrogens is 558 g/mol. The molecule has 0 saturated heterocycles. The molecule has 5 N–H and O–H groups in total. The Morgan fingerprint density at radius 3 is 2.20 bits per heavy atom. The van der Waals surface area contributed by atoms with E-state index in [0.717, 1.165) is 42.0 Å². The Morgan fingerprint density at radius 2 is 1.52 bits per heavy atom. The Morgan fingerprint density at radius 1 is 0.864 bits per heavy atom. The maximum Gasteiger partial charge on any atom is 0.325 e. The van der Waals surface area contributed by atoms with Crippen molar-refractivity contribution in [2.45, 2.75) is 123 Å². The summed E-state index contributed by atoms with van der Waals surface area (Å²) in [5.74, 6) is -2.95. The summed E-state index contributed by atoms with van der Waals surface area (Å²) in [6, 6.07) is 10.5. The number of hydrogen-bond acceptors (Lipinski definition) is 6. The molecule has 44 heavy (non-hydrogen) atoms. The minimum Gasteiger partial charge on any atom is -0.480 e. The van der Waals surface area contributed by atoms with Crippen LogP contribution in [0.3, 0.4) is 0 Å². The molecule has 0 spiro atoms. The molecule has 0 fully saturated rings. The lowest BCUT2D eigenvalue weighted by molar-refractivity contribution is -0.156. The molecule has 2 amide bonds. The highest BCUT2D eigenvalue weighted by atomic mass is 16.5. The van der Waals surface area contributed by atoms with E-state index in [4.69, 9.17) is 10.5 Å². The van der Waals surface area contributed by atoms with Crippen molar-refractivity contribution in [3.8, 4) is 0 Å². The zero-order valence-electron chi connectivity index (χ0n) is 27.1. The van der Waals surface area contributed by atoms with Gasteiger partial charge >= 0.3 is 11.9 Å². The normalized spacial score (nSPS) is 15.4. The molecule has 0 radical (unpaired) electrons. The maximum absolute atomic E-state index is 13.5. The van der Waals surface area contributed by atoms with Gasteiger partial charge in [0.15, 0.2) is 0 Å². The fraction of sp³-hybridized carbons (Fsp3) is 0.600. The molecule has 0 aliphatic heterocycles. The molecule has 0 bridgehead atoms. The number of fused-ring (bicyclic) bond motifs is 1. The average Bonchev–Trinajstić information content (AvgIpc) is 3.01. The zero-order chi connectivity index (χ0) is 32.6. The maximum atomic E-state index is 13.5. The second-order valence-corrected chi connectivity index (χ2v) is 12.2. The highest BCUT2D eigenvalue weighted by molar-refractivity contribution is 5.92. The summed E-state index contributed by atoms with van der Waals surface area (Å²) in [7, 11) is 0. The minimum absolute atomic E-state index is 0.0733. The van der Waals surface area contributed by atoms with Crippen molar-refractivity contribution in [3.63, 3.8) is 0 Å². The summed E-state index contributed by atoms with van der Waals surface area (Å²) in [6.45, 7) is 9.37. The van der Waals surface area contributed by atoms with Crippen LogP contribution >= 0.6 is 0 Å². The number of carboxylic acid groups (broad SMARTS) is 1. The molecule has 0 saturated carbocycles. The Bertz CT molecular complexity index is 1210. The van der Waals surface area contributed by atoms with Gasteiger partial charge in [-0.15, -0.1) is 0 Å². The largest absolute Gasteiger partial charge is 0.480 e. The number of nitrogens with two attached hydrogens (primary N) is 1. The van der Waals surface area contributed by atoms with Gasteiger partial charge in [0.25, 0.3) is 0 Å². The first-order valence-corrected chi connectivity index (χ1v) is 16.2. The number of hydrogen-bond donors (Lipinski definition) is 4. The summed E-state index contributed by atoms with van der Waals surface area (Å²) in [5, 5.41) is 16.6. The van der Waals surface area contributed by atoms with Crippen LogP contribution in [0.2, 0.25) is 0 Å². The van der Waals surface area contributed by atoms with Crippen molar-refractivity contribution in [2.75, 3.05) is 0 Å². The van der Waals surface area contributed by atoms with Gasteiger partial charge in [0, 0.05) is 6.42 Å². The fourth-order valence-electron chi connectivity index (χ4n) is 5.22. The number of ether oxygens (including phenoxy) is 1. The number of rotatable bonds is 20. The number of carbonyl (C=O) groups excluding carboxylic acids is 3. The van der Waals surface area contributed by atoms with Crippen LogP contribution in [0.15, 0.2) is 42.5 Å². The van der Waals surface area contributed by atoms with Crippen molar-refractivity contribution >= 4 is 34.5 Å². The van der Waals surface area contributed by atoms with Crippen LogP contribution in [0, 0.1) is 11.8 Å². The van der Waals surface area contributed by atoms with Gasteiger partial charge in [-0.05, 0) is 41.5 Å². The van der Waals surface area contributed by atoms with E-state index in [0.29, 0.717) is 6.42 Å². The lowest BCUT2D eigenvalue weighted by Gasteiger charge is -2.28. The quantitative estimate of drug-likeness (QED) is 0.114. The first kappa shape index (κ1) is 36.7. The van der Waals surface area contributed by atoms with E-state index >= 15 is 0 Å². The van der Waals surface area contributed by atoms with E-state index in [9.17, 15) is 24.3 Å². The van der Waals surface area contributed by atoms with Gasteiger partial charge in [-0.1, -0.05) is 115 Å². The molecule has 2 aromatic carbocycles. The highest BCUT2D eigenvalue weighted by Crippen LogP contribution is 2.23. The molecule has 244 valence electrons. The van der Waals surface area contributed by atoms with E-state index in [1.54, 1.807) is 0 Å². The first-order chi connectivity index (χ1) is 21.0. The Kier molecular flexibility index (Phi) is 15.9. The third-order valence-electron chi connectivity index (χ3n) is 8.52. The van der Waals surface area contributed by atoms with Gasteiger partial charge in [-0.25, -0.2) is 0 Å². The van der Waals surface area contributed by atoms with Gasteiger partial charge in [0.05, 0.1) is 6.42 Å². The summed E-state index contributed by atoms with van der Waals surface area (Å²) < 4.78 is 5.87. The standard InChI is InChI=1S/C35H53N3O6/c1-6-8-9-10-11-12-16-24(4)30(44-35(43)32(36)23(3)7-2)22-31(39)38-29(33(40)37-25(5)34(41)42)21-27-19-15-18-26-17-13-14-20-28(26)27/h13-15,17-20,23-25,29-30,32H,6-12,16,21-22,36H2,1-5H3,(H,37,40)(H,38,39)(H,41,42)/t23-,24-,25-,29-,30-,32+/m0/s1.